The predicted octanol–water partition coefficient (Wildman–Crippen LogP) is 1.68. The molecule has 20 heavy (non-hydrogen) atoms. The van der Waals surface area contributed by atoms with Crippen molar-refractivity contribution >= 4 is 0 Å². The van der Waals surface area contributed by atoms with Gasteiger partial charge in [-0.2, -0.15) is 0 Å². The molecule has 0 aromatic heterocycles. The predicted molar refractivity (Wildman–Crippen MR) is 86.4 cm³/mol. The normalized spacial score (nSPS) is 22.9. The first-order valence-electron chi connectivity index (χ1n) is 7.63. The number of piperazine rings is 1. The van der Waals surface area contributed by atoms with Crippen molar-refractivity contribution < 1.29 is 0 Å². The Bertz CT molecular complexity index is 424. The fraction of sp³-hybridized carbons (Fsp3) is 0.647. The lowest BCUT2D eigenvalue weighted by molar-refractivity contribution is 0.0897. The molecule has 1 heterocycles. The summed E-state index contributed by atoms with van der Waals surface area (Å²) >= 11 is 0. The van der Waals surface area contributed by atoms with Crippen LogP contribution in [0.4, 0.5) is 0 Å². The van der Waals surface area contributed by atoms with Crippen molar-refractivity contribution in [2.45, 2.75) is 32.4 Å². The fourth-order valence-corrected chi connectivity index (χ4v) is 3.35. The van der Waals surface area contributed by atoms with E-state index < -0.39 is 0 Å². The quantitative estimate of drug-likeness (QED) is 0.902. The third-order valence-corrected chi connectivity index (χ3v) is 4.47. The van der Waals surface area contributed by atoms with E-state index in [1.54, 1.807) is 0 Å². The van der Waals surface area contributed by atoms with Gasteiger partial charge in [-0.15, -0.1) is 0 Å². The smallest absolute Gasteiger partial charge is 0.0377 e. The molecule has 1 aliphatic heterocycles. The Morgan fingerprint density at radius 1 is 1.15 bits per heavy atom. The summed E-state index contributed by atoms with van der Waals surface area (Å²) in [7, 11) is 6.57. The van der Waals surface area contributed by atoms with Crippen LogP contribution in [-0.4, -0.2) is 62.7 Å². The summed E-state index contributed by atoms with van der Waals surface area (Å²) < 4.78 is 0. The molecule has 2 unspecified atom stereocenters. The minimum absolute atomic E-state index is 0.504. The van der Waals surface area contributed by atoms with E-state index in [2.05, 4.69) is 68.3 Å². The molecule has 0 bridgehead atoms. The summed E-state index contributed by atoms with van der Waals surface area (Å²) in [6.07, 6.45) is 1.10. The molecule has 1 aromatic carbocycles. The number of benzene rings is 1. The molecule has 3 nitrogen and oxygen atoms in total. The summed E-state index contributed by atoms with van der Waals surface area (Å²) in [6.45, 7) is 7.85. The molecule has 1 saturated heterocycles. The lowest BCUT2D eigenvalue weighted by Gasteiger charge is -2.42. The minimum Gasteiger partial charge on any atom is -0.315 e. The van der Waals surface area contributed by atoms with Crippen LogP contribution in [0.3, 0.4) is 0 Å². The molecule has 1 N–H and O–H groups in total. The van der Waals surface area contributed by atoms with E-state index >= 15 is 0 Å². The summed E-state index contributed by atoms with van der Waals surface area (Å²) in [5, 5.41) is 3.54. The lowest BCUT2D eigenvalue weighted by atomic mass is 9.95. The van der Waals surface area contributed by atoms with E-state index in [0.29, 0.717) is 12.1 Å². The highest BCUT2D eigenvalue weighted by molar-refractivity contribution is 5.29. The van der Waals surface area contributed by atoms with E-state index in [4.69, 9.17) is 0 Å². The van der Waals surface area contributed by atoms with Crippen molar-refractivity contribution in [3.05, 3.63) is 34.9 Å². The zero-order valence-electron chi connectivity index (χ0n) is 13.6. The zero-order valence-corrected chi connectivity index (χ0v) is 13.6. The first-order chi connectivity index (χ1) is 9.49. The number of likely N-dealkylation sites (N-methyl/N-ethyl adjacent to an activating group) is 3. The third kappa shape index (κ3) is 3.81. The highest BCUT2D eigenvalue weighted by atomic mass is 15.3. The Balaban J connectivity index is 2.11. The van der Waals surface area contributed by atoms with Gasteiger partial charge in [-0.3, -0.25) is 4.90 Å². The molecule has 0 saturated carbocycles. The van der Waals surface area contributed by atoms with E-state index in [9.17, 15) is 0 Å². The molecule has 2 rings (SSSR count). The Morgan fingerprint density at radius 2 is 1.80 bits per heavy atom. The van der Waals surface area contributed by atoms with Gasteiger partial charge in [0, 0.05) is 31.7 Å². The van der Waals surface area contributed by atoms with Crippen molar-refractivity contribution in [2.24, 2.45) is 0 Å². The first kappa shape index (κ1) is 15.5. The van der Waals surface area contributed by atoms with Crippen LogP contribution in [-0.2, 0) is 6.42 Å². The van der Waals surface area contributed by atoms with E-state index in [0.717, 1.165) is 19.5 Å². The van der Waals surface area contributed by atoms with Gasteiger partial charge >= 0.3 is 0 Å². The second kappa shape index (κ2) is 6.70. The SMILES string of the molecule is CNC(Cc1cc(C)cc(C)c1)C1CN(C)CCN1C. The van der Waals surface area contributed by atoms with Gasteiger partial charge in [0.2, 0.25) is 0 Å². The summed E-state index contributed by atoms with van der Waals surface area (Å²) in [4.78, 5) is 4.94. The molecule has 112 valence electrons. The number of aryl methyl sites for hydroxylation is 2. The van der Waals surface area contributed by atoms with Crippen LogP contribution < -0.4 is 5.32 Å². The van der Waals surface area contributed by atoms with Crippen LogP contribution in [0.5, 0.6) is 0 Å². The number of hydrogen-bond donors (Lipinski definition) is 1. The van der Waals surface area contributed by atoms with Crippen LogP contribution in [0.2, 0.25) is 0 Å². The average Bonchev–Trinajstić information content (AvgIpc) is 2.38. The average molecular weight is 275 g/mol. The number of hydrogen-bond acceptors (Lipinski definition) is 3. The Labute approximate surface area is 124 Å². The Morgan fingerprint density at radius 3 is 2.40 bits per heavy atom. The van der Waals surface area contributed by atoms with Crippen molar-refractivity contribution in [3.8, 4) is 0 Å². The van der Waals surface area contributed by atoms with Gasteiger partial charge in [0.1, 0.15) is 0 Å². The molecular weight excluding hydrogens is 246 g/mol. The van der Waals surface area contributed by atoms with Crippen LogP contribution in [0, 0.1) is 13.8 Å². The van der Waals surface area contributed by atoms with Crippen molar-refractivity contribution in [1.29, 1.82) is 0 Å². The van der Waals surface area contributed by atoms with E-state index in [1.165, 1.54) is 23.2 Å². The third-order valence-electron chi connectivity index (χ3n) is 4.47. The van der Waals surface area contributed by atoms with Crippen molar-refractivity contribution in [2.75, 3.05) is 40.8 Å². The summed E-state index contributed by atoms with van der Waals surface area (Å²) in [6, 6.07) is 7.98. The zero-order chi connectivity index (χ0) is 14.7. The summed E-state index contributed by atoms with van der Waals surface area (Å²) in [5.41, 5.74) is 4.18. The molecule has 1 aromatic rings. The maximum absolute atomic E-state index is 3.54. The van der Waals surface area contributed by atoms with Crippen LogP contribution in [0.15, 0.2) is 18.2 Å². The second-order valence-electron chi connectivity index (χ2n) is 6.41. The van der Waals surface area contributed by atoms with Crippen molar-refractivity contribution in [1.82, 2.24) is 15.1 Å². The molecule has 2 atom stereocenters. The highest BCUT2D eigenvalue weighted by Crippen LogP contribution is 2.16. The van der Waals surface area contributed by atoms with Gasteiger partial charge in [-0.05, 0) is 47.0 Å². The van der Waals surface area contributed by atoms with Gasteiger partial charge in [0.15, 0.2) is 0 Å². The van der Waals surface area contributed by atoms with E-state index in [1.807, 2.05) is 0 Å². The maximum atomic E-state index is 3.54. The van der Waals surface area contributed by atoms with Gasteiger partial charge in [-0.1, -0.05) is 29.3 Å². The van der Waals surface area contributed by atoms with Crippen LogP contribution in [0.1, 0.15) is 16.7 Å². The second-order valence-corrected chi connectivity index (χ2v) is 6.41. The topological polar surface area (TPSA) is 18.5 Å². The molecule has 0 aliphatic carbocycles. The highest BCUT2D eigenvalue weighted by Gasteiger charge is 2.28. The minimum atomic E-state index is 0.504. The van der Waals surface area contributed by atoms with Crippen LogP contribution in [0.25, 0.3) is 0 Å². The first-order valence-corrected chi connectivity index (χ1v) is 7.63. The maximum Gasteiger partial charge on any atom is 0.0377 e. The van der Waals surface area contributed by atoms with Gasteiger partial charge in [0.05, 0.1) is 0 Å². The van der Waals surface area contributed by atoms with Crippen molar-refractivity contribution in [3.63, 3.8) is 0 Å². The monoisotopic (exact) mass is 275 g/mol. The Kier molecular flexibility index (Phi) is 5.19. The Hall–Kier alpha value is -0.900. The molecule has 1 aliphatic rings. The summed E-state index contributed by atoms with van der Waals surface area (Å²) in [5.74, 6) is 0. The lowest BCUT2D eigenvalue weighted by Crippen LogP contribution is -2.58. The standard InChI is InChI=1S/C17H29N3/c1-13-8-14(2)10-15(9-13)11-16(18-3)17-12-19(4)6-7-20(17)5/h8-10,16-18H,6-7,11-12H2,1-5H3. The number of nitrogens with one attached hydrogen (secondary N) is 1. The molecular formula is C17H29N3. The van der Waals surface area contributed by atoms with Gasteiger partial charge in [0.25, 0.3) is 0 Å². The van der Waals surface area contributed by atoms with Crippen LogP contribution >= 0.6 is 0 Å². The molecule has 0 radical (unpaired) electrons. The molecule has 0 spiro atoms. The van der Waals surface area contributed by atoms with Gasteiger partial charge in [-0.25, -0.2) is 0 Å². The fourth-order valence-electron chi connectivity index (χ4n) is 3.35. The van der Waals surface area contributed by atoms with Gasteiger partial charge < -0.3 is 10.2 Å². The molecule has 0 amide bonds. The van der Waals surface area contributed by atoms with E-state index in [-0.39, 0.29) is 0 Å². The number of rotatable bonds is 4. The molecule has 1 fully saturated rings. The largest absolute Gasteiger partial charge is 0.315 e. The molecule has 3 heteroatoms. The number of nitrogens with zero attached hydrogens (tertiary/aromatic N) is 2.